The number of likely N-dealkylation sites (N-methyl/N-ethyl adjacent to an activating group) is 1. The zero-order valence-electron chi connectivity index (χ0n) is 8.85. The number of nitrogens with zero attached hydrogens (tertiary/aromatic N) is 1. The van der Waals surface area contributed by atoms with Crippen molar-refractivity contribution in [3.8, 4) is 0 Å². The molecule has 6 heteroatoms. The summed E-state index contributed by atoms with van der Waals surface area (Å²) in [5, 5.41) is 2.28. The molecular formula is C10H11F3N2O. The second-order valence-corrected chi connectivity index (χ2v) is 3.39. The number of carbonyl (C=O) groups excluding carboxylic acids is 1. The van der Waals surface area contributed by atoms with Crippen LogP contribution in [0.4, 0.5) is 18.9 Å². The van der Waals surface area contributed by atoms with Crippen LogP contribution in [-0.4, -0.2) is 31.4 Å². The maximum Gasteiger partial charge on any atom is 0.241 e. The lowest BCUT2D eigenvalue weighted by Crippen LogP contribution is -2.29. The van der Waals surface area contributed by atoms with Crippen molar-refractivity contribution in [2.24, 2.45) is 0 Å². The van der Waals surface area contributed by atoms with Crippen molar-refractivity contribution in [2.45, 2.75) is 0 Å². The molecule has 3 nitrogen and oxygen atoms in total. The molecule has 0 aliphatic carbocycles. The molecule has 0 heterocycles. The molecule has 0 aliphatic heterocycles. The lowest BCUT2D eigenvalue weighted by molar-refractivity contribution is -0.126. The Balaban J connectivity index is 2.78. The van der Waals surface area contributed by atoms with Gasteiger partial charge in [-0.05, 0) is 0 Å². The highest BCUT2D eigenvalue weighted by Gasteiger charge is 2.12. The Morgan fingerprint density at radius 2 is 1.75 bits per heavy atom. The van der Waals surface area contributed by atoms with E-state index < -0.39 is 23.1 Å². The van der Waals surface area contributed by atoms with Gasteiger partial charge < -0.3 is 10.2 Å². The molecule has 0 aromatic heterocycles. The molecular weight excluding hydrogens is 221 g/mol. The van der Waals surface area contributed by atoms with E-state index in [1.54, 1.807) is 0 Å². The molecule has 0 saturated carbocycles. The third-order valence-electron chi connectivity index (χ3n) is 1.92. The average molecular weight is 232 g/mol. The fourth-order valence-electron chi connectivity index (χ4n) is 1.03. The molecule has 0 spiro atoms. The summed E-state index contributed by atoms with van der Waals surface area (Å²) >= 11 is 0. The standard InChI is InChI=1S/C10H11F3N2O/c1-15(2)9(16)5-14-10-7(12)3-6(11)4-8(10)13/h3-4,14H,5H2,1-2H3. The number of hydrogen-bond acceptors (Lipinski definition) is 2. The van der Waals surface area contributed by atoms with E-state index in [1.165, 1.54) is 19.0 Å². The van der Waals surface area contributed by atoms with E-state index in [9.17, 15) is 18.0 Å². The largest absolute Gasteiger partial charge is 0.371 e. The topological polar surface area (TPSA) is 32.3 Å². The number of hydrogen-bond donors (Lipinski definition) is 1. The average Bonchev–Trinajstić information content (AvgIpc) is 2.15. The van der Waals surface area contributed by atoms with E-state index in [2.05, 4.69) is 5.32 Å². The van der Waals surface area contributed by atoms with E-state index >= 15 is 0 Å². The first kappa shape index (κ1) is 12.4. The van der Waals surface area contributed by atoms with Gasteiger partial charge in [-0.15, -0.1) is 0 Å². The highest BCUT2D eigenvalue weighted by molar-refractivity contribution is 5.80. The number of benzene rings is 1. The van der Waals surface area contributed by atoms with Gasteiger partial charge in [-0.2, -0.15) is 0 Å². The van der Waals surface area contributed by atoms with Gasteiger partial charge in [-0.3, -0.25) is 4.79 Å². The molecule has 0 unspecified atom stereocenters. The monoisotopic (exact) mass is 232 g/mol. The molecule has 1 amide bonds. The molecule has 1 N–H and O–H groups in total. The molecule has 0 radical (unpaired) electrons. The van der Waals surface area contributed by atoms with Gasteiger partial charge in [0.2, 0.25) is 5.91 Å². The number of anilines is 1. The summed E-state index contributed by atoms with van der Waals surface area (Å²) in [7, 11) is 3.03. The summed E-state index contributed by atoms with van der Waals surface area (Å²) in [6, 6.07) is 1.09. The zero-order valence-corrected chi connectivity index (χ0v) is 8.85. The number of carbonyl (C=O) groups is 1. The van der Waals surface area contributed by atoms with Crippen LogP contribution in [-0.2, 0) is 4.79 Å². The van der Waals surface area contributed by atoms with E-state index in [0.717, 1.165) is 0 Å². The van der Waals surface area contributed by atoms with Crippen LogP contribution >= 0.6 is 0 Å². The smallest absolute Gasteiger partial charge is 0.241 e. The Bertz CT molecular complexity index is 384. The first-order chi connectivity index (χ1) is 7.41. The highest BCUT2D eigenvalue weighted by atomic mass is 19.1. The normalized spacial score (nSPS) is 10.1. The maximum atomic E-state index is 13.1. The summed E-state index contributed by atoms with van der Waals surface area (Å²) in [5.74, 6) is -3.48. The van der Waals surface area contributed by atoms with E-state index in [-0.39, 0.29) is 12.5 Å². The predicted octanol–water partition coefficient (Wildman–Crippen LogP) is 1.60. The molecule has 1 rings (SSSR count). The molecule has 0 atom stereocenters. The van der Waals surface area contributed by atoms with Crippen molar-refractivity contribution in [1.82, 2.24) is 4.90 Å². The van der Waals surface area contributed by atoms with Crippen LogP contribution in [0.5, 0.6) is 0 Å². The van der Waals surface area contributed by atoms with Crippen molar-refractivity contribution < 1.29 is 18.0 Å². The summed E-state index contributed by atoms with van der Waals surface area (Å²) in [6.07, 6.45) is 0. The third kappa shape index (κ3) is 2.88. The van der Waals surface area contributed by atoms with E-state index in [4.69, 9.17) is 0 Å². The van der Waals surface area contributed by atoms with Crippen LogP contribution in [0.25, 0.3) is 0 Å². The fourth-order valence-corrected chi connectivity index (χ4v) is 1.03. The van der Waals surface area contributed by atoms with Gasteiger partial charge >= 0.3 is 0 Å². The Hall–Kier alpha value is -1.72. The number of nitrogens with one attached hydrogen (secondary N) is 1. The zero-order chi connectivity index (χ0) is 12.3. The van der Waals surface area contributed by atoms with Gasteiger partial charge in [0.05, 0.1) is 6.54 Å². The second-order valence-electron chi connectivity index (χ2n) is 3.39. The van der Waals surface area contributed by atoms with Crippen LogP contribution in [0.2, 0.25) is 0 Å². The molecule has 1 aromatic carbocycles. The third-order valence-corrected chi connectivity index (χ3v) is 1.92. The Labute approximate surface area is 90.9 Å². The maximum absolute atomic E-state index is 13.1. The molecule has 88 valence electrons. The lowest BCUT2D eigenvalue weighted by atomic mass is 10.2. The van der Waals surface area contributed by atoms with Gasteiger partial charge in [-0.25, -0.2) is 13.2 Å². The van der Waals surface area contributed by atoms with Crippen molar-refractivity contribution in [3.05, 3.63) is 29.6 Å². The van der Waals surface area contributed by atoms with Crippen LogP contribution in [0.1, 0.15) is 0 Å². The molecule has 0 saturated heterocycles. The highest BCUT2D eigenvalue weighted by Crippen LogP contribution is 2.19. The minimum absolute atomic E-state index is 0.257. The summed E-state index contributed by atoms with van der Waals surface area (Å²) in [5.41, 5.74) is -0.503. The Kier molecular flexibility index (Phi) is 3.76. The van der Waals surface area contributed by atoms with Crippen molar-refractivity contribution >= 4 is 11.6 Å². The van der Waals surface area contributed by atoms with E-state index in [0.29, 0.717) is 12.1 Å². The van der Waals surface area contributed by atoms with Crippen molar-refractivity contribution in [3.63, 3.8) is 0 Å². The van der Waals surface area contributed by atoms with Crippen LogP contribution < -0.4 is 5.32 Å². The summed E-state index contributed by atoms with van der Waals surface area (Å²) in [4.78, 5) is 12.4. The SMILES string of the molecule is CN(C)C(=O)CNc1c(F)cc(F)cc1F. The number of halogens is 3. The molecule has 16 heavy (non-hydrogen) atoms. The van der Waals surface area contributed by atoms with Gasteiger partial charge in [0.25, 0.3) is 0 Å². The van der Waals surface area contributed by atoms with Crippen molar-refractivity contribution in [2.75, 3.05) is 26.0 Å². The van der Waals surface area contributed by atoms with Crippen LogP contribution in [0.15, 0.2) is 12.1 Å². The van der Waals surface area contributed by atoms with Crippen molar-refractivity contribution in [1.29, 1.82) is 0 Å². The number of rotatable bonds is 3. The van der Waals surface area contributed by atoms with Crippen LogP contribution in [0, 0.1) is 17.5 Å². The fraction of sp³-hybridized carbons (Fsp3) is 0.300. The molecule has 1 aromatic rings. The first-order valence-electron chi connectivity index (χ1n) is 4.50. The molecule has 0 fully saturated rings. The minimum atomic E-state index is -1.07. The van der Waals surface area contributed by atoms with Gasteiger partial charge in [0, 0.05) is 26.2 Å². The van der Waals surface area contributed by atoms with Gasteiger partial charge in [0.1, 0.15) is 11.5 Å². The van der Waals surface area contributed by atoms with Gasteiger partial charge in [0.15, 0.2) is 11.6 Å². The van der Waals surface area contributed by atoms with Crippen LogP contribution in [0.3, 0.4) is 0 Å². The second kappa shape index (κ2) is 4.87. The molecule has 0 bridgehead atoms. The lowest BCUT2D eigenvalue weighted by Gasteiger charge is -2.12. The minimum Gasteiger partial charge on any atom is -0.371 e. The molecule has 0 aliphatic rings. The van der Waals surface area contributed by atoms with E-state index in [1.807, 2.05) is 0 Å². The quantitative estimate of drug-likeness (QED) is 0.858. The first-order valence-corrected chi connectivity index (χ1v) is 4.50. The number of amides is 1. The van der Waals surface area contributed by atoms with Gasteiger partial charge in [-0.1, -0.05) is 0 Å². The Morgan fingerprint density at radius 1 is 1.25 bits per heavy atom. The predicted molar refractivity (Wildman–Crippen MR) is 53.5 cm³/mol. The summed E-state index contributed by atoms with van der Waals surface area (Å²) < 4.78 is 38.7. The summed E-state index contributed by atoms with van der Waals surface area (Å²) in [6.45, 7) is -0.257. The Morgan fingerprint density at radius 3 is 2.19 bits per heavy atom.